The summed E-state index contributed by atoms with van der Waals surface area (Å²) >= 11 is 0. The predicted octanol–water partition coefficient (Wildman–Crippen LogP) is 8.80. The van der Waals surface area contributed by atoms with E-state index in [0.29, 0.717) is 51.6 Å². The zero-order valence-electron chi connectivity index (χ0n) is 44.9. The molecular formula is C58H77N9O8S. The smallest absolute Gasteiger partial charge is 0.383 e. The topological polar surface area (TPSA) is 189 Å². The fourth-order valence-corrected chi connectivity index (χ4v) is 9.10. The van der Waals surface area contributed by atoms with Crippen molar-refractivity contribution in [2.75, 3.05) is 105 Å². The lowest BCUT2D eigenvalue weighted by atomic mass is 10.2. The minimum atomic E-state index is -4.02. The Morgan fingerprint density at radius 3 is 1.17 bits per heavy atom. The molecule has 4 atom stereocenters. The van der Waals surface area contributed by atoms with Crippen molar-refractivity contribution in [2.24, 2.45) is 25.7 Å². The number of para-hydroxylation sites is 4. The molecule has 0 saturated heterocycles. The number of benzene rings is 5. The van der Waals surface area contributed by atoms with Crippen molar-refractivity contribution in [3.05, 3.63) is 151 Å². The Morgan fingerprint density at radius 2 is 0.842 bits per heavy atom. The summed E-state index contributed by atoms with van der Waals surface area (Å²) in [4.78, 5) is 27.4. The average molecular weight is 1060 g/mol. The molecule has 3 N–H and O–H groups in total. The standard InChI is InChI=1S/C25H32N4O2.C14H20N2O2.C12H17N3O.C7H8O3S/c1-3-28(22-11-7-5-8-12-22)16-20-18-30-24(26-20)15-25-27-21(19-31-25)17-29(4-2)23-13-9-6-10-14-23;1-3-16(13-8-6-5-7-9-13)10-12-11-18-14(15-12)17-4-2;1-2-15(11-6-4-3-5-7-11)8-10-9-16-12(13)14-10;1-6-2-4-7(5-3-6)11(8,9)10/h5-14,20-21H,3-4,15-19H2,1-2H3;5-9,12H,3-4,10-11H2,1-2H3;3-7,10H,2,8-9H2,1H3,(H2,13,14);2-5H,1H3,(H,8,9,10)/t20-,21-;12-;10-;/m000./s1. The second-order valence-electron chi connectivity index (χ2n) is 18.2. The minimum absolute atomic E-state index is 0.0666. The zero-order valence-corrected chi connectivity index (χ0v) is 45.8. The Kier molecular flexibility index (Phi) is 23.1. The SMILES string of the molecule is CCN(C[C@H]1COC(CC2=N[C@@H](CN(CC)c3ccccc3)CO2)=N1)c1ccccc1.CCN(C[C@H]1COC(N)=N1)c1ccccc1.CCOC1=N[C@@H](CN(CC)c2ccccc2)CO1.Cc1ccc(S(=O)(=O)O)cc1. The highest BCUT2D eigenvalue weighted by atomic mass is 32.2. The van der Waals surface area contributed by atoms with Crippen LogP contribution in [0.5, 0.6) is 0 Å². The van der Waals surface area contributed by atoms with Gasteiger partial charge >= 0.3 is 6.08 Å². The number of rotatable bonds is 20. The molecule has 4 aliphatic rings. The van der Waals surface area contributed by atoms with Crippen LogP contribution in [-0.2, 0) is 33.8 Å². The van der Waals surface area contributed by atoms with E-state index >= 15 is 0 Å². The molecule has 9 rings (SSSR count). The van der Waals surface area contributed by atoms with Gasteiger partial charge in [0, 0.05) is 75.1 Å². The average Bonchev–Trinajstić information content (AvgIpc) is 4.29. The Labute approximate surface area is 450 Å². The first-order valence-corrected chi connectivity index (χ1v) is 27.7. The fourth-order valence-electron chi connectivity index (χ4n) is 8.62. The molecule has 5 aromatic carbocycles. The second-order valence-corrected chi connectivity index (χ2v) is 19.6. The molecule has 76 heavy (non-hydrogen) atoms. The largest absolute Gasteiger partial charge is 0.478 e. The third-order valence-electron chi connectivity index (χ3n) is 12.6. The summed E-state index contributed by atoms with van der Waals surface area (Å²) in [6.07, 6.45) is 0.980. The van der Waals surface area contributed by atoms with Crippen LogP contribution in [0.25, 0.3) is 0 Å². The molecule has 0 spiro atoms. The number of nitrogens with zero attached hydrogens (tertiary/aromatic N) is 8. The molecule has 18 heteroatoms. The molecule has 0 aliphatic carbocycles. The zero-order chi connectivity index (χ0) is 54.1. The highest BCUT2D eigenvalue weighted by Crippen LogP contribution is 2.21. The number of amidine groups is 1. The van der Waals surface area contributed by atoms with Crippen molar-refractivity contribution in [3.63, 3.8) is 0 Å². The van der Waals surface area contributed by atoms with Crippen molar-refractivity contribution >= 4 is 56.8 Å². The lowest BCUT2D eigenvalue weighted by molar-refractivity contribution is 0.193. The van der Waals surface area contributed by atoms with E-state index < -0.39 is 10.1 Å². The van der Waals surface area contributed by atoms with Crippen molar-refractivity contribution in [3.8, 4) is 0 Å². The van der Waals surface area contributed by atoms with Crippen LogP contribution in [-0.4, -0.2) is 146 Å². The summed E-state index contributed by atoms with van der Waals surface area (Å²) < 4.78 is 57.1. The summed E-state index contributed by atoms with van der Waals surface area (Å²) in [7, 11) is -4.02. The van der Waals surface area contributed by atoms with Gasteiger partial charge in [0.1, 0.15) is 50.6 Å². The highest BCUT2D eigenvalue weighted by Gasteiger charge is 2.27. The van der Waals surface area contributed by atoms with Gasteiger partial charge in [0.05, 0.1) is 17.9 Å². The summed E-state index contributed by atoms with van der Waals surface area (Å²) in [6, 6.07) is 48.5. The predicted molar refractivity (Wildman–Crippen MR) is 307 cm³/mol. The van der Waals surface area contributed by atoms with Gasteiger partial charge in [0.25, 0.3) is 16.1 Å². The molecule has 5 aromatic rings. The summed E-state index contributed by atoms with van der Waals surface area (Å²) in [5, 5.41) is 0. The van der Waals surface area contributed by atoms with E-state index in [0.717, 1.165) is 69.7 Å². The Morgan fingerprint density at radius 1 is 0.500 bits per heavy atom. The molecule has 0 bridgehead atoms. The molecule has 408 valence electrons. The van der Waals surface area contributed by atoms with Crippen molar-refractivity contribution in [2.45, 2.75) is 77.0 Å². The summed E-state index contributed by atoms with van der Waals surface area (Å²) in [6.45, 7) is 22.6. The monoisotopic (exact) mass is 1060 g/mol. The molecule has 0 fully saturated rings. The summed E-state index contributed by atoms with van der Waals surface area (Å²) in [5.41, 5.74) is 11.3. The van der Waals surface area contributed by atoms with Gasteiger partial charge in [-0.15, -0.1) is 0 Å². The Bertz CT molecular complexity index is 2630. The molecule has 0 saturated carbocycles. The number of hydrogen-bond acceptors (Lipinski definition) is 16. The van der Waals surface area contributed by atoms with Crippen molar-refractivity contribution in [1.82, 2.24) is 0 Å². The van der Waals surface area contributed by atoms with Crippen LogP contribution in [0.1, 0.15) is 46.6 Å². The minimum Gasteiger partial charge on any atom is -0.478 e. The van der Waals surface area contributed by atoms with Crippen LogP contribution in [0.3, 0.4) is 0 Å². The molecule has 0 radical (unpaired) electrons. The molecule has 0 amide bonds. The van der Waals surface area contributed by atoms with Crippen LogP contribution >= 0.6 is 0 Å². The van der Waals surface area contributed by atoms with E-state index in [9.17, 15) is 8.42 Å². The molecule has 0 unspecified atom stereocenters. The normalized spacial score (nSPS) is 18.1. The van der Waals surface area contributed by atoms with Gasteiger partial charge in [-0.3, -0.25) is 4.55 Å². The Balaban J connectivity index is 0.000000178. The quantitative estimate of drug-likeness (QED) is 0.0705. The lowest BCUT2D eigenvalue weighted by Crippen LogP contribution is -2.32. The van der Waals surface area contributed by atoms with Crippen LogP contribution in [0, 0.1) is 6.92 Å². The van der Waals surface area contributed by atoms with E-state index in [-0.39, 0.29) is 29.1 Å². The highest BCUT2D eigenvalue weighted by molar-refractivity contribution is 7.85. The number of hydrogen-bond donors (Lipinski definition) is 2. The van der Waals surface area contributed by atoms with E-state index in [4.69, 9.17) is 44.0 Å². The molecule has 4 aliphatic heterocycles. The maximum Gasteiger partial charge on any atom is 0.383 e. The van der Waals surface area contributed by atoms with Crippen LogP contribution in [0.4, 0.5) is 22.7 Å². The van der Waals surface area contributed by atoms with E-state index in [2.05, 4.69) is 142 Å². The first-order valence-electron chi connectivity index (χ1n) is 26.3. The van der Waals surface area contributed by atoms with E-state index in [1.807, 2.05) is 50.2 Å². The first-order chi connectivity index (χ1) is 36.9. The number of anilines is 4. The first kappa shape index (κ1) is 58.0. The van der Waals surface area contributed by atoms with Gasteiger partial charge in [-0.2, -0.15) is 8.42 Å². The van der Waals surface area contributed by atoms with E-state index in [1.165, 1.54) is 34.9 Å². The molecule has 4 heterocycles. The van der Waals surface area contributed by atoms with Crippen LogP contribution in [0.15, 0.2) is 170 Å². The molecule has 0 aromatic heterocycles. The third kappa shape index (κ3) is 18.8. The third-order valence-corrected chi connectivity index (χ3v) is 13.5. The van der Waals surface area contributed by atoms with Gasteiger partial charge < -0.3 is 49.0 Å². The number of nitrogens with two attached hydrogens (primary N) is 1. The maximum atomic E-state index is 10.5. The van der Waals surface area contributed by atoms with Crippen molar-refractivity contribution in [1.29, 1.82) is 0 Å². The maximum absolute atomic E-state index is 10.5. The number of aryl methyl sites for hydroxylation is 1. The second kappa shape index (κ2) is 30.3. The van der Waals surface area contributed by atoms with Gasteiger partial charge in [0.15, 0.2) is 11.8 Å². The van der Waals surface area contributed by atoms with Crippen LogP contribution in [0.2, 0.25) is 0 Å². The van der Waals surface area contributed by atoms with Gasteiger partial charge in [0.2, 0.25) is 0 Å². The number of aliphatic imine (C=N–C) groups is 4. The molecular weight excluding hydrogens is 983 g/mol. The van der Waals surface area contributed by atoms with Crippen molar-refractivity contribution < 1.29 is 36.7 Å². The lowest BCUT2D eigenvalue weighted by Gasteiger charge is -2.24. The summed E-state index contributed by atoms with van der Waals surface area (Å²) in [5.74, 6) is 1.48. The van der Waals surface area contributed by atoms with Gasteiger partial charge in [-0.1, -0.05) is 90.5 Å². The number of likely N-dealkylation sites (N-methyl/N-ethyl adjacent to an activating group) is 4. The number of ether oxygens (including phenoxy) is 5. The Hall–Kier alpha value is -7.31. The molecule has 17 nitrogen and oxygen atoms in total. The van der Waals surface area contributed by atoms with Crippen LogP contribution < -0.4 is 25.3 Å². The van der Waals surface area contributed by atoms with Gasteiger partial charge in [-0.05, 0) is 102 Å². The van der Waals surface area contributed by atoms with E-state index in [1.54, 1.807) is 12.1 Å². The van der Waals surface area contributed by atoms with Gasteiger partial charge in [-0.25, -0.2) is 20.0 Å². The fraction of sp³-hybridized carbons (Fsp3) is 0.414.